The number of hydrogen-bond acceptors (Lipinski definition) is 8. The lowest BCUT2D eigenvalue weighted by atomic mass is 10.1. The Morgan fingerprint density at radius 2 is 1.95 bits per heavy atom. The molecule has 194 valence electrons. The highest BCUT2D eigenvalue weighted by molar-refractivity contribution is 6.29. The number of nitrogens with one attached hydrogen (secondary N) is 2. The van der Waals surface area contributed by atoms with E-state index in [0.717, 1.165) is 17.1 Å². The number of carbonyl (C=O) groups is 1. The first-order valence-electron chi connectivity index (χ1n) is 10.6. The number of ether oxygens (including phenoxy) is 2. The van der Waals surface area contributed by atoms with Crippen LogP contribution in [0.15, 0.2) is 36.8 Å². The van der Waals surface area contributed by atoms with Crippen molar-refractivity contribution in [2.24, 2.45) is 0 Å². The number of carbonyl (C=O) groups excluding carboxylic acids is 1. The second kappa shape index (κ2) is 10.6. The second-order valence-electron chi connectivity index (χ2n) is 7.70. The molecule has 0 saturated carbocycles. The lowest BCUT2D eigenvalue weighted by Crippen LogP contribution is -2.22. The maximum Gasteiger partial charge on any atom is 0.420 e. The van der Waals surface area contributed by atoms with Crippen LogP contribution < -0.4 is 10.6 Å². The van der Waals surface area contributed by atoms with Crippen molar-refractivity contribution >= 4 is 40.0 Å². The second-order valence-corrected chi connectivity index (χ2v) is 8.08. The van der Waals surface area contributed by atoms with Gasteiger partial charge in [-0.05, 0) is 25.1 Å². The number of rotatable bonds is 7. The van der Waals surface area contributed by atoms with Gasteiger partial charge in [0.1, 0.15) is 16.4 Å². The summed E-state index contributed by atoms with van der Waals surface area (Å²) in [6.45, 7) is 1.80. The van der Waals surface area contributed by atoms with E-state index in [-0.39, 0.29) is 23.1 Å². The number of nitrogens with zero attached hydrogens (tertiary/aromatic N) is 6. The van der Waals surface area contributed by atoms with E-state index in [4.69, 9.17) is 21.1 Å². The normalized spacial score (nSPS) is 12.5. The van der Waals surface area contributed by atoms with Crippen LogP contribution >= 0.6 is 11.6 Å². The van der Waals surface area contributed by atoms with Gasteiger partial charge in [-0.1, -0.05) is 11.6 Å². The van der Waals surface area contributed by atoms with E-state index in [1.165, 1.54) is 26.6 Å². The molecule has 0 fully saturated rings. The number of urea groups is 1. The Balaban J connectivity index is 1.63. The first kappa shape index (κ1) is 26.2. The maximum absolute atomic E-state index is 13.8. The number of aromatic nitrogens is 6. The van der Waals surface area contributed by atoms with Crippen LogP contribution in [0.2, 0.25) is 5.15 Å². The molecule has 0 radical (unpaired) electrons. The number of pyridine rings is 3. The molecule has 15 heteroatoms. The van der Waals surface area contributed by atoms with Crippen molar-refractivity contribution < 1.29 is 27.4 Å². The molecule has 0 spiro atoms. The van der Waals surface area contributed by atoms with Gasteiger partial charge in [0.05, 0.1) is 53.7 Å². The molecule has 11 nitrogen and oxygen atoms in total. The van der Waals surface area contributed by atoms with Crippen LogP contribution in [0.3, 0.4) is 0 Å². The Morgan fingerprint density at radius 1 is 1.16 bits per heavy atom. The zero-order valence-corrected chi connectivity index (χ0v) is 20.4. The van der Waals surface area contributed by atoms with Crippen LogP contribution in [0, 0.1) is 0 Å². The monoisotopic (exact) mass is 536 g/mol. The summed E-state index contributed by atoms with van der Waals surface area (Å²) in [4.78, 5) is 25.9. The molecule has 4 heterocycles. The highest BCUT2D eigenvalue weighted by atomic mass is 35.5. The van der Waals surface area contributed by atoms with Crippen molar-refractivity contribution in [2.75, 3.05) is 24.9 Å². The third-order valence-electron chi connectivity index (χ3n) is 5.18. The van der Waals surface area contributed by atoms with Gasteiger partial charge >= 0.3 is 12.2 Å². The largest absolute Gasteiger partial charge is 0.420 e. The molecule has 2 N–H and O–H groups in total. The van der Waals surface area contributed by atoms with Crippen LogP contribution in [0.5, 0.6) is 0 Å². The molecule has 0 aliphatic rings. The van der Waals surface area contributed by atoms with Gasteiger partial charge in [-0.2, -0.15) is 18.3 Å². The van der Waals surface area contributed by atoms with E-state index in [9.17, 15) is 18.0 Å². The molecule has 0 bridgehead atoms. The van der Waals surface area contributed by atoms with Gasteiger partial charge in [-0.3, -0.25) is 4.98 Å². The predicted octanol–water partition coefficient (Wildman–Crippen LogP) is 4.78. The van der Waals surface area contributed by atoms with Crippen LogP contribution in [-0.4, -0.2) is 50.2 Å². The highest BCUT2D eigenvalue weighted by Gasteiger charge is 2.36. The van der Waals surface area contributed by atoms with Crippen molar-refractivity contribution in [3.8, 4) is 5.82 Å². The molecule has 37 heavy (non-hydrogen) atoms. The minimum absolute atomic E-state index is 0.0657. The van der Waals surface area contributed by atoms with Gasteiger partial charge in [0.25, 0.3) is 0 Å². The quantitative estimate of drug-likeness (QED) is 0.323. The minimum Gasteiger partial charge on any atom is -0.378 e. The minimum atomic E-state index is -4.81. The zero-order chi connectivity index (χ0) is 26.7. The van der Waals surface area contributed by atoms with E-state index in [1.54, 1.807) is 19.1 Å². The molecule has 0 aromatic carbocycles. The van der Waals surface area contributed by atoms with Crippen molar-refractivity contribution in [1.82, 2.24) is 29.9 Å². The molecule has 4 aromatic rings. The third-order valence-corrected chi connectivity index (χ3v) is 5.39. The molecule has 4 aromatic heterocycles. The molecule has 0 aliphatic heterocycles. The number of fused-ring (bicyclic) bond motifs is 1. The number of alkyl halides is 3. The molecular formula is C22H20ClF3N8O3. The van der Waals surface area contributed by atoms with E-state index < -0.39 is 29.7 Å². The number of methoxy groups -OCH3 is 2. The van der Waals surface area contributed by atoms with E-state index in [2.05, 4.69) is 35.8 Å². The van der Waals surface area contributed by atoms with Crippen LogP contribution in [0.4, 0.5) is 29.3 Å². The summed E-state index contributed by atoms with van der Waals surface area (Å²) in [5.74, 6) is -0.557. The van der Waals surface area contributed by atoms with Gasteiger partial charge in [-0.25, -0.2) is 14.8 Å². The Morgan fingerprint density at radius 3 is 2.65 bits per heavy atom. The number of amides is 2. The molecule has 0 aliphatic carbocycles. The molecule has 2 amide bonds. The average molecular weight is 537 g/mol. The van der Waals surface area contributed by atoms with Gasteiger partial charge < -0.3 is 20.1 Å². The van der Waals surface area contributed by atoms with E-state index in [0.29, 0.717) is 22.3 Å². The predicted molar refractivity (Wildman–Crippen MR) is 127 cm³/mol. The fraction of sp³-hybridized carbons (Fsp3) is 0.273. The van der Waals surface area contributed by atoms with Gasteiger partial charge in [0, 0.05) is 19.8 Å². The number of anilines is 2. The zero-order valence-electron chi connectivity index (χ0n) is 19.7. The summed E-state index contributed by atoms with van der Waals surface area (Å²) in [6, 6.07) is 3.14. The van der Waals surface area contributed by atoms with E-state index >= 15 is 0 Å². The number of hydrogen-bond donors (Lipinski definition) is 2. The van der Waals surface area contributed by atoms with Crippen molar-refractivity contribution in [1.29, 1.82) is 0 Å². The summed E-state index contributed by atoms with van der Waals surface area (Å²) in [5.41, 5.74) is 0.612. The summed E-state index contributed by atoms with van der Waals surface area (Å²) in [6.07, 6.45) is -1.61. The Bertz CT molecular complexity index is 1450. The summed E-state index contributed by atoms with van der Waals surface area (Å²) >= 11 is 6.03. The third kappa shape index (κ3) is 5.76. The fourth-order valence-corrected chi connectivity index (χ4v) is 3.63. The molecule has 0 saturated heterocycles. The standard InChI is InChI=1S/C22H20ClF3N8O3/c1-11(37-3)18-16(9-27-15-4-5-17(23)32-19(15)18)31-21(35)30-12-6-14(22(24,25)26)20(28-7-12)34-29-8-13(33-34)10-36-2/h4-9,11H,10H2,1-3H3,(H2,30,31,35). The van der Waals surface area contributed by atoms with Crippen LogP contribution in [-0.2, 0) is 22.3 Å². The summed E-state index contributed by atoms with van der Waals surface area (Å²) in [5, 5.41) is 12.9. The number of halogens is 4. The Hall–Kier alpha value is -3.88. The topological polar surface area (TPSA) is 129 Å². The van der Waals surface area contributed by atoms with Gasteiger partial charge in [0.15, 0.2) is 5.82 Å². The smallest absolute Gasteiger partial charge is 0.378 e. The lowest BCUT2D eigenvalue weighted by molar-refractivity contribution is -0.137. The molecular weight excluding hydrogens is 517 g/mol. The molecule has 1 atom stereocenters. The first-order chi connectivity index (χ1) is 17.6. The average Bonchev–Trinajstić information content (AvgIpc) is 3.31. The maximum atomic E-state index is 13.8. The molecule has 4 rings (SSSR count). The Kier molecular flexibility index (Phi) is 7.52. The van der Waals surface area contributed by atoms with Gasteiger partial charge in [-0.15, -0.1) is 9.90 Å². The highest BCUT2D eigenvalue weighted by Crippen LogP contribution is 2.35. The lowest BCUT2D eigenvalue weighted by Gasteiger charge is -2.18. The Labute approximate surface area is 213 Å². The SMILES string of the molecule is COCc1cnn(-c2ncc(NC(=O)Nc3cnc4ccc(Cl)nc4c3C(C)OC)cc2C(F)(F)F)n1. The summed E-state index contributed by atoms with van der Waals surface area (Å²) in [7, 11) is 2.90. The van der Waals surface area contributed by atoms with Crippen molar-refractivity contribution in [3.05, 3.63) is 58.8 Å². The fourth-order valence-electron chi connectivity index (χ4n) is 3.48. The van der Waals surface area contributed by atoms with Crippen molar-refractivity contribution in [3.63, 3.8) is 0 Å². The van der Waals surface area contributed by atoms with Crippen LogP contribution in [0.1, 0.15) is 29.8 Å². The van der Waals surface area contributed by atoms with Gasteiger partial charge in [0.2, 0.25) is 0 Å². The van der Waals surface area contributed by atoms with Crippen molar-refractivity contribution in [2.45, 2.75) is 25.8 Å². The van der Waals surface area contributed by atoms with E-state index in [1.807, 2.05) is 0 Å². The van der Waals surface area contributed by atoms with Crippen LogP contribution in [0.25, 0.3) is 16.9 Å². The molecule has 1 unspecified atom stereocenters. The summed E-state index contributed by atoms with van der Waals surface area (Å²) < 4.78 is 51.8. The first-order valence-corrected chi connectivity index (χ1v) is 11.0.